The second kappa shape index (κ2) is 6.32. The van der Waals surface area contributed by atoms with Gasteiger partial charge in [0, 0.05) is 30.4 Å². The molecular weight excluding hydrogens is 326 g/mol. The average Bonchev–Trinajstić information content (AvgIpc) is 3.10. The van der Waals surface area contributed by atoms with Crippen molar-refractivity contribution < 1.29 is 9.53 Å². The number of anilines is 2. The van der Waals surface area contributed by atoms with Crippen molar-refractivity contribution in [1.29, 1.82) is 0 Å². The van der Waals surface area contributed by atoms with Gasteiger partial charge in [-0.25, -0.2) is 4.79 Å². The number of rotatable bonds is 3. The minimum Gasteiger partial charge on any atom is -0.410 e. The van der Waals surface area contributed by atoms with Gasteiger partial charge in [-0.3, -0.25) is 10.2 Å². The lowest BCUT2D eigenvalue weighted by Gasteiger charge is -2.34. The van der Waals surface area contributed by atoms with Gasteiger partial charge in [-0.05, 0) is 55.8 Å². The van der Waals surface area contributed by atoms with Crippen LogP contribution in [0.5, 0.6) is 5.75 Å². The van der Waals surface area contributed by atoms with Gasteiger partial charge >= 0.3 is 6.09 Å². The van der Waals surface area contributed by atoms with Gasteiger partial charge in [-0.15, -0.1) is 0 Å². The number of carbonyl (C=O) groups is 1. The van der Waals surface area contributed by atoms with Crippen molar-refractivity contribution in [2.24, 2.45) is 0 Å². The largest absolute Gasteiger partial charge is 0.417 e. The van der Waals surface area contributed by atoms with Crippen LogP contribution in [0.1, 0.15) is 25.3 Å². The van der Waals surface area contributed by atoms with Crippen LogP contribution < -0.4 is 15.0 Å². The van der Waals surface area contributed by atoms with E-state index in [1.165, 1.54) is 11.3 Å². The number of para-hydroxylation sites is 1. The molecule has 1 amide bonds. The lowest BCUT2D eigenvalue weighted by atomic mass is 9.77. The lowest BCUT2D eigenvalue weighted by molar-refractivity contribution is 0.215. The standard InChI is InChI=1S/C21H25N3O2/c1-4-21-12-13-23(2)19(21)24(3)18-11-10-16(14-17(18)21)26-20(25)22-15-8-6-5-7-9-15/h5-11,14,19H,4,12-13H2,1-3H3,(H,22,25)/t19-,21+/m1/s1. The second-order valence-corrected chi connectivity index (χ2v) is 7.28. The molecule has 4 rings (SSSR count). The van der Waals surface area contributed by atoms with Crippen LogP contribution >= 0.6 is 0 Å². The molecule has 0 aromatic heterocycles. The van der Waals surface area contributed by atoms with E-state index in [-0.39, 0.29) is 5.41 Å². The SMILES string of the molecule is CC[C@@]12CCN(C)[C@@H]1N(C)c1ccc(OC(=O)Nc3ccccc3)cc12. The third kappa shape index (κ3) is 2.54. The molecule has 136 valence electrons. The first kappa shape index (κ1) is 16.9. The summed E-state index contributed by atoms with van der Waals surface area (Å²) in [5.74, 6) is 0.591. The molecule has 1 N–H and O–H groups in total. The summed E-state index contributed by atoms with van der Waals surface area (Å²) in [5.41, 5.74) is 3.36. The molecule has 5 nitrogen and oxygen atoms in total. The Kier molecular flexibility index (Phi) is 4.11. The van der Waals surface area contributed by atoms with Gasteiger partial charge in [-0.2, -0.15) is 0 Å². The number of benzene rings is 2. The molecule has 2 aromatic carbocycles. The number of hydrogen-bond acceptors (Lipinski definition) is 4. The molecular formula is C21H25N3O2. The van der Waals surface area contributed by atoms with Crippen molar-refractivity contribution in [2.45, 2.75) is 31.3 Å². The Morgan fingerprint density at radius 1 is 1.23 bits per heavy atom. The number of fused-ring (bicyclic) bond motifs is 3. The third-order valence-electron chi connectivity index (χ3n) is 5.94. The minimum atomic E-state index is -0.465. The normalized spacial score (nSPS) is 24.3. The smallest absolute Gasteiger partial charge is 0.410 e. The number of ether oxygens (including phenoxy) is 1. The fourth-order valence-electron chi connectivity index (χ4n) is 4.73. The third-order valence-corrected chi connectivity index (χ3v) is 5.94. The van der Waals surface area contributed by atoms with Crippen molar-refractivity contribution >= 4 is 17.5 Å². The minimum absolute atomic E-state index is 0.105. The Hall–Kier alpha value is -2.53. The van der Waals surface area contributed by atoms with E-state index in [9.17, 15) is 4.79 Å². The first-order valence-corrected chi connectivity index (χ1v) is 9.16. The van der Waals surface area contributed by atoms with Crippen molar-refractivity contribution in [2.75, 3.05) is 30.9 Å². The van der Waals surface area contributed by atoms with Crippen LogP contribution in [0, 0.1) is 0 Å². The van der Waals surface area contributed by atoms with E-state index in [0.29, 0.717) is 11.9 Å². The Labute approximate surface area is 154 Å². The highest BCUT2D eigenvalue weighted by Crippen LogP contribution is 2.53. The van der Waals surface area contributed by atoms with Crippen molar-refractivity contribution in [3.05, 3.63) is 54.1 Å². The van der Waals surface area contributed by atoms with Crippen LogP contribution in [0.3, 0.4) is 0 Å². The van der Waals surface area contributed by atoms with Gasteiger partial charge in [0.15, 0.2) is 0 Å². The predicted molar refractivity (Wildman–Crippen MR) is 104 cm³/mol. The van der Waals surface area contributed by atoms with Crippen LogP contribution in [-0.4, -0.2) is 37.8 Å². The van der Waals surface area contributed by atoms with E-state index in [0.717, 1.165) is 25.1 Å². The highest BCUT2D eigenvalue weighted by atomic mass is 16.6. The molecule has 0 aliphatic carbocycles. The first-order valence-electron chi connectivity index (χ1n) is 9.16. The maximum atomic E-state index is 12.2. The summed E-state index contributed by atoms with van der Waals surface area (Å²) in [6.45, 7) is 3.34. The molecule has 0 unspecified atom stereocenters. The number of carbonyl (C=O) groups excluding carboxylic acids is 1. The van der Waals surface area contributed by atoms with E-state index >= 15 is 0 Å². The molecule has 2 atom stereocenters. The quantitative estimate of drug-likeness (QED) is 0.906. The zero-order chi connectivity index (χ0) is 18.3. The summed E-state index contributed by atoms with van der Waals surface area (Å²) in [6, 6.07) is 15.3. The van der Waals surface area contributed by atoms with E-state index in [1.807, 2.05) is 36.4 Å². The number of nitrogens with one attached hydrogen (secondary N) is 1. The van der Waals surface area contributed by atoms with Crippen molar-refractivity contribution in [3.63, 3.8) is 0 Å². The Bertz CT molecular complexity index is 823. The number of likely N-dealkylation sites (tertiary alicyclic amines) is 1. The van der Waals surface area contributed by atoms with Crippen LogP contribution in [0.15, 0.2) is 48.5 Å². The Morgan fingerprint density at radius 2 is 2.00 bits per heavy atom. The van der Waals surface area contributed by atoms with E-state index < -0.39 is 6.09 Å². The van der Waals surface area contributed by atoms with Gasteiger partial charge in [0.1, 0.15) is 5.75 Å². The van der Waals surface area contributed by atoms with Crippen molar-refractivity contribution in [3.8, 4) is 5.75 Å². The summed E-state index contributed by atoms with van der Waals surface area (Å²) in [4.78, 5) is 17.0. The van der Waals surface area contributed by atoms with Gasteiger partial charge < -0.3 is 9.64 Å². The molecule has 1 saturated heterocycles. The predicted octanol–water partition coefficient (Wildman–Crippen LogP) is 4.06. The molecule has 2 aliphatic heterocycles. The van der Waals surface area contributed by atoms with Crippen LogP contribution in [0.4, 0.5) is 16.2 Å². The first-order chi connectivity index (χ1) is 12.5. The summed E-state index contributed by atoms with van der Waals surface area (Å²) < 4.78 is 5.56. The van der Waals surface area contributed by atoms with E-state index in [1.54, 1.807) is 0 Å². The van der Waals surface area contributed by atoms with Gasteiger partial charge in [0.2, 0.25) is 0 Å². The Morgan fingerprint density at radius 3 is 2.73 bits per heavy atom. The number of hydrogen-bond donors (Lipinski definition) is 1. The fraction of sp³-hybridized carbons (Fsp3) is 0.381. The van der Waals surface area contributed by atoms with Crippen LogP contribution in [0.2, 0.25) is 0 Å². The Balaban J connectivity index is 1.59. The van der Waals surface area contributed by atoms with Crippen LogP contribution in [-0.2, 0) is 5.41 Å². The monoisotopic (exact) mass is 351 g/mol. The number of amides is 1. The molecule has 0 spiro atoms. The van der Waals surface area contributed by atoms with Gasteiger partial charge in [0.05, 0.1) is 6.17 Å². The summed E-state index contributed by atoms with van der Waals surface area (Å²) in [6.07, 6.45) is 2.10. The van der Waals surface area contributed by atoms with E-state index in [2.05, 4.69) is 48.3 Å². The molecule has 5 heteroatoms. The molecule has 26 heavy (non-hydrogen) atoms. The molecule has 2 heterocycles. The molecule has 1 fully saturated rings. The zero-order valence-corrected chi connectivity index (χ0v) is 15.5. The maximum Gasteiger partial charge on any atom is 0.417 e. The second-order valence-electron chi connectivity index (χ2n) is 7.28. The molecule has 0 saturated carbocycles. The molecule has 2 aromatic rings. The maximum absolute atomic E-state index is 12.2. The summed E-state index contributed by atoms with van der Waals surface area (Å²) in [7, 11) is 4.35. The van der Waals surface area contributed by atoms with Crippen molar-refractivity contribution in [1.82, 2.24) is 4.90 Å². The lowest BCUT2D eigenvalue weighted by Crippen LogP contribution is -2.46. The fourth-order valence-corrected chi connectivity index (χ4v) is 4.73. The number of nitrogens with zero attached hydrogens (tertiary/aromatic N) is 2. The zero-order valence-electron chi connectivity index (χ0n) is 15.5. The summed E-state index contributed by atoms with van der Waals surface area (Å²) in [5, 5.41) is 2.76. The highest BCUT2D eigenvalue weighted by Gasteiger charge is 2.54. The molecule has 0 radical (unpaired) electrons. The number of likely N-dealkylation sites (N-methyl/N-ethyl adjacent to an activating group) is 2. The molecule has 0 bridgehead atoms. The topological polar surface area (TPSA) is 44.8 Å². The van der Waals surface area contributed by atoms with E-state index in [4.69, 9.17) is 4.74 Å². The highest BCUT2D eigenvalue weighted by molar-refractivity contribution is 5.86. The van der Waals surface area contributed by atoms with Crippen LogP contribution in [0.25, 0.3) is 0 Å². The average molecular weight is 351 g/mol. The molecule has 2 aliphatic rings. The summed E-state index contributed by atoms with van der Waals surface area (Å²) >= 11 is 0. The van der Waals surface area contributed by atoms with Gasteiger partial charge in [0.25, 0.3) is 0 Å². The van der Waals surface area contributed by atoms with Gasteiger partial charge in [-0.1, -0.05) is 25.1 Å².